The van der Waals surface area contributed by atoms with Gasteiger partial charge in [0.1, 0.15) is 17.7 Å². The smallest absolute Gasteiger partial charge is 0.408 e. The summed E-state index contributed by atoms with van der Waals surface area (Å²) in [5, 5.41) is 6.09. The van der Waals surface area contributed by atoms with Crippen molar-refractivity contribution in [3.05, 3.63) is 34.9 Å². The van der Waals surface area contributed by atoms with Crippen LogP contribution < -0.4 is 10.6 Å². The van der Waals surface area contributed by atoms with Gasteiger partial charge in [0.2, 0.25) is 11.8 Å². The average Bonchev–Trinajstić information content (AvgIpc) is 3.52. The molecule has 0 radical (unpaired) electrons. The molecule has 0 spiro atoms. The summed E-state index contributed by atoms with van der Waals surface area (Å²) in [6, 6.07) is 4.52. The maximum atomic E-state index is 14.3. The van der Waals surface area contributed by atoms with Crippen LogP contribution in [0.1, 0.15) is 103 Å². The highest BCUT2D eigenvalue weighted by Crippen LogP contribution is 2.41. The SMILES string of the molecule is Cc1ccc(C(C(=O)NC2CCCCC2)N(C(=O)C(NC(=O)OC(C)(C)C)C(C)C)C2CC2C)cc1C. The van der Waals surface area contributed by atoms with Crippen LogP contribution in [-0.4, -0.2) is 46.5 Å². The molecule has 4 unspecified atom stereocenters. The molecule has 2 saturated carbocycles. The van der Waals surface area contributed by atoms with Crippen LogP contribution in [0.2, 0.25) is 0 Å². The lowest BCUT2D eigenvalue weighted by Crippen LogP contribution is -2.56. The van der Waals surface area contributed by atoms with Gasteiger partial charge in [-0.2, -0.15) is 0 Å². The molecule has 7 heteroatoms. The predicted octanol–water partition coefficient (Wildman–Crippen LogP) is 5.58. The quantitative estimate of drug-likeness (QED) is 0.475. The van der Waals surface area contributed by atoms with E-state index in [0.717, 1.165) is 48.8 Å². The fraction of sp³-hybridized carbons (Fsp3) is 0.700. The van der Waals surface area contributed by atoms with Crippen LogP contribution in [0, 0.1) is 25.7 Å². The Labute approximate surface area is 223 Å². The van der Waals surface area contributed by atoms with Gasteiger partial charge in [-0.25, -0.2) is 4.79 Å². The van der Waals surface area contributed by atoms with Gasteiger partial charge >= 0.3 is 6.09 Å². The number of hydrogen-bond acceptors (Lipinski definition) is 4. The first-order valence-electron chi connectivity index (χ1n) is 14.0. The Bertz CT molecular complexity index is 978. The van der Waals surface area contributed by atoms with E-state index in [9.17, 15) is 14.4 Å². The van der Waals surface area contributed by atoms with E-state index in [1.165, 1.54) is 6.42 Å². The van der Waals surface area contributed by atoms with Crippen molar-refractivity contribution in [3.8, 4) is 0 Å². The van der Waals surface area contributed by atoms with E-state index >= 15 is 0 Å². The fourth-order valence-electron chi connectivity index (χ4n) is 5.18. The predicted molar refractivity (Wildman–Crippen MR) is 146 cm³/mol. The molecule has 1 aromatic carbocycles. The lowest BCUT2D eigenvalue weighted by atomic mass is 9.93. The number of carbonyl (C=O) groups excluding carboxylic acids is 3. The third-order valence-electron chi connectivity index (χ3n) is 7.61. The van der Waals surface area contributed by atoms with Crippen molar-refractivity contribution < 1.29 is 19.1 Å². The van der Waals surface area contributed by atoms with E-state index in [2.05, 4.69) is 17.6 Å². The molecule has 2 N–H and O–H groups in total. The number of amides is 3. The van der Waals surface area contributed by atoms with E-state index in [4.69, 9.17) is 4.74 Å². The van der Waals surface area contributed by atoms with Crippen LogP contribution in [-0.2, 0) is 14.3 Å². The normalized spacial score (nSPS) is 21.6. The molecule has 2 aliphatic rings. The minimum atomic E-state index is -0.806. The fourth-order valence-corrected chi connectivity index (χ4v) is 5.18. The van der Waals surface area contributed by atoms with Gasteiger partial charge in [0.05, 0.1) is 0 Å². The molecular weight excluding hydrogens is 466 g/mol. The van der Waals surface area contributed by atoms with E-state index in [0.29, 0.717) is 0 Å². The van der Waals surface area contributed by atoms with Crippen LogP contribution in [0.3, 0.4) is 0 Å². The number of hydrogen-bond donors (Lipinski definition) is 2. The number of aryl methyl sites for hydroxylation is 2. The number of nitrogens with one attached hydrogen (secondary N) is 2. The zero-order chi connectivity index (χ0) is 27.5. The molecule has 2 fully saturated rings. The Morgan fingerprint density at radius 3 is 2.16 bits per heavy atom. The van der Waals surface area contributed by atoms with E-state index < -0.39 is 23.8 Å². The molecule has 0 aliphatic heterocycles. The molecule has 0 heterocycles. The molecule has 3 amide bonds. The first kappa shape index (κ1) is 29.0. The van der Waals surface area contributed by atoms with Gasteiger partial charge in [0.25, 0.3) is 0 Å². The van der Waals surface area contributed by atoms with Crippen molar-refractivity contribution >= 4 is 17.9 Å². The second-order valence-electron chi connectivity index (χ2n) is 12.5. The van der Waals surface area contributed by atoms with Crippen LogP contribution in [0.15, 0.2) is 18.2 Å². The van der Waals surface area contributed by atoms with Crippen molar-refractivity contribution in [1.29, 1.82) is 0 Å². The van der Waals surface area contributed by atoms with E-state index in [-0.39, 0.29) is 35.7 Å². The molecular formula is C30H47N3O4. The van der Waals surface area contributed by atoms with Crippen LogP contribution in [0.4, 0.5) is 4.79 Å². The second-order valence-corrected chi connectivity index (χ2v) is 12.5. The van der Waals surface area contributed by atoms with E-state index in [1.54, 1.807) is 25.7 Å². The van der Waals surface area contributed by atoms with Gasteiger partial charge in [-0.05, 0) is 82.4 Å². The van der Waals surface area contributed by atoms with Crippen molar-refractivity contribution in [3.63, 3.8) is 0 Å². The first-order chi connectivity index (χ1) is 17.3. The Kier molecular flexibility index (Phi) is 9.30. The van der Waals surface area contributed by atoms with Crippen LogP contribution in [0.25, 0.3) is 0 Å². The number of carbonyl (C=O) groups is 3. The van der Waals surface area contributed by atoms with Gasteiger partial charge in [-0.15, -0.1) is 0 Å². The Balaban J connectivity index is 1.98. The lowest BCUT2D eigenvalue weighted by molar-refractivity contribution is -0.144. The van der Waals surface area contributed by atoms with Gasteiger partial charge in [0, 0.05) is 12.1 Å². The summed E-state index contributed by atoms with van der Waals surface area (Å²) >= 11 is 0. The summed E-state index contributed by atoms with van der Waals surface area (Å²) in [4.78, 5) is 42.7. The highest BCUT2D eigenvalue weighted by atomic mass is 16.6. The number of alkyl carbamates (subject to hydrolysis) is 1. The molecule has 37 heavy (non-hydrogen) atoms. The van der Waals surface area contributed by atoms with Gasteiger partial charge in [-0.1, -0.05) is 58.2 Å². The van der Waals surface area contributed by atoms with E-state index in [1.807, 2.05) is 45.9 Å². The maximum Gasteiger partial charge on any atom is 0.408 e. The van der Waals surface area contributed by atoms with Crippen molar-refractivity contribution in [2.45, 2.75) is 124 Å². The zero-order valence-corrected chi connectivity index (χ0v) is 24.0. The first-order valence-corrected chi connectivity index (χ1v) is 14.0. The molecule has 3 rings (SSSR count). The molecule has 7 nitrogen and oxygen atoms in total. The Morgan fingerprint density at radius 1 is 1.03 bits per heavy atom. The molecule has 0 saturated heterocycles. The van der Waals surface area contributed by atoms with Gasteiger partial charge < -0.3 is 20.3 Å². The molecule has 4 atom stereocenters. The highest BCUT2D eigenvalue weighted by molar-refractivity contribution is 5.93. The summed E-state index contributed by atoms with van der Waals surface area (Å²) in [6.45, 7) is 15.4. The molecule has 0 bridgehead atoms. The van der Waals surface area contributed by atoms with Crippen molar-refractivity contribution in [1.82, 2.24) is 15.5 Å². The summed E-state index contributed by atoms with van der Waals surface area (Å²) in [7, 11) is 0. The standard InChI is InChI=1S/C30H47N3O4/c1-18(2)25(32-29(36)37-30(6,7)8)28(35)33(24-17-21(24)5)26(22-15-14-19(3)20(4)16-22)27(34)31-23-12-10-9-11-13-23/h14-16,18,21,23-26H,9-13,17H2,1-8H3,(H,31,34)(H,32,36). The van der Waals surface area contributed by atoms with Gasteiger partial charge in [-0.3, -0.25) is 9.59 Å². The molecule has 206 valence electrons. The lowest BCUT2D eigenvalue weighted by Gasteiger charge is -2.37. The summed E-state index contributed by atoms with van der Waals surface area (Å²) in [5.74, 6) is -0.271. The van der Waals surface area contributed by atoms with Gasteiger partial charge in [0.15, 0.2) is 0 Å². The number of benzene rings is 1. The maximum absolute atomic E-state index is 14.3. The number of rotatable bonds is 8. The third-order valence-corrected chi connectivity index (χ3v) is 7.61. The molecule has 1 aromatic rings. The molecule has 0 aromatic heterocycles. The average molecular weight is 514 g/mol. The largest absolute Gasteiger partial charge is 0.444 e. The van der Waals surface area contributed by atoms with Crippen LogP contribution >= 0.6 is 0 Å². The number of nitrogens with zero attached hydrogens (tertiary/aromatic N) is 1. The van der Waals surface area contributed by atoms with Crippen molar-refractivity contribution in [2.24, 2.45) is 11.8 Å². The summed E-state index contributed by atoms with van der Waals surface area (Å²) < 4.78 is 5.47. The highest BCUT2D eigenvalue weighted by Gasteiger charge is 2.49. The topological polar surface area (TPSA) is 87.7 Å². The monoisotopic (exact) mass is 513 g/mol. The summed E-state index contributed by atoms with van der Waals surface area (Å²) in [5.41, 5.74) is 2.35. The summed E-state index contributed by atoms with van der Waals surface area (Å²) in [6.07, 6.45) is 5.55. The Hall–Kier alpha value is -2.57. The third kappa shape index (κ3) is 7.71. The molecule has 2 aliphatic carbocycles. The zero-order valence-electron chi connectivity index (χ0n) is 24.0. The second kappa shape index (κ2) is 11.9. The minimum Gasteiger partial charge on any atom is -0.444 e. The van der Waals surface area contributed by atoms with Crippen LogP contribution in [0.5, 0.6) is 0 Å². The Morgan fingerprint density at radius 2 is 1.65 bits per heavy atom. The van der Waals surface area contributed by atoms with Crippen molar-refractivity contribution in [2.75, 3.05) is 0 Å². The number of ether oxygens (including phenoxy) is 1. The minimum absolute atomic E-state index is 0.0575.